The van der Waals surface area contributed by atoms with E-state index in [0.29, 0.717) is 25.9 Å². The highest BCUT2D eigenvalue weighted by Crippen LogP contribution is 2.15. The third kappa shape index (κ3) is 51.1. The molecule has 3 N–H and O–H groups in total. The van der Waals surface area contributed by atoms with E-state index in [-0.39, 0.29) is 18.5 Å². The summed E-state index contributed by atoms with van der Waals surface area (Å²) in [6, 6.07) is -0.548. The van der Waals surface area contributed by atoms with Crippen molar-refractivity contribution in [3.63, 3.8) is 0 Å². The van der Waals surface area contributed by atoms with Crippen LogP contribution in [0, 0.1) is 0 Å². The van der Waals surface area contributed by atoms with E-state index in [0.717, 1.165) is 70.6 Å². The van der Waals surface area contributed by atoms with Crippen molar-refractivity contribution in [3.05, 3.63) is 48.6 Å². The Morgan fingerprint density at radius 1 is 0.431 bits per heavy atom. The molecule has 6 nitrogen and oxygen atoms in total. The minimum Gasteiger partial charge on any atom is -0.466 e. The van der Waals surface area contributed by atoms with E-state index >= 15 is 0 Å². The number of hydrogen-bond acceptors (Lipinski definition) is 5. The third-order valence-electron chi connectivity index (χ3n) is 12.9. The summed E-state index contributed by atoms with van der Waals surface area (Å²) in [6.45, 7) is 4.89. The summed E-state index contributed by atoms with van der Waals surface area (Å²) in [5.41, 5.74) is 0. The molecule has 0 radical (unpaired) electrons. The average molecular weight is 913 g/mol. The topological polar surface area (TPSA) is 95.9 Å². The highest BCUT2D eigenvalue weighted by atomic mass is 16.5. The Morgan fingerprint density at radius 3 is 1.18 bits per heavy atom. The van der Waals surface area contributed by atoms with Gasteiger partial charge in [0.1, 0.15) is 0 Å². The predicted octanol–water partition coefficient (Wildman–Crippen LogP) is 17.4. The molecule has 0 rings (SSSR count). The fraction of sp³-hybridized carbons (Fsp3) is 0.831. The molecule has 0 spiro atoms. The molecule has 0 heterocycles. The summed E-state index contributed by atoms with van der Waals surface area (Å²) in [6.07, 6.45) is 68.2. The SMILES string of the molecule is CCCCCC/C=C\C/C=C\CCCCCCCC(=O)OCCCCCCCCCCC/C=C\C/C=C\CCCCCCCCCC(=O)NC(CO)C(O)CCCCCCCCCCC. The number of carbonyl (C=O) groups is 2. The van der Waals surface area contributed by atoms with E-state index in [1.54, 1.807) is 0 Å². The summed E-state index contributed by atoms with van der Waals surface area (Å²) >= 11 is 0. The number of esters is 1. The van der Waals surface area contributed by atoms with Gasteiger partial charge in [-0.1, -0.05) is 236 Å². The molecule has 0 saturated carbocycles. The van der Waals surface area contributed by atoms with E-state index in [1.807, 2.05) is 0 Å². The Morgan fingerprint density at radius 2 is 0.769 bits per heavy atom. The first kappa shape index (κ1) is 62.8. The number of carbonyl (C=O) groups excluding carboxylic acids is 2. The zero-order valence-electron chi connectivity index (χ0n) is 43.2. The van der Waals surface area contributed by atoms with Gasteiger partial charge in [-0.15, -0.1) is 0 Å². The van der Waals surface area contributed by atoms with Crippen molar-refractivity contribution in [3.8, 4) is 0 Å². The maximum Gasteiger partial charge on any atom is 0.305 e. The zero-order valence-corrected chi connectivity index (χ0v) is 43.2. The van der Waals surface area contributed by atoms with Gasteiger partial charge < -0.3 is 20.3 Å². The Labute approximate surface area is 404 Å². The number of allylic oxidation sites excluding steroid dienone is 8. The first-order chi connectivity index (χ1) is 32.0. The predicted molar refractivity (Wildman–Crippen MR) is 282 cm³/mol. The minimum absolute atomic E-state index is 0.00715. The molecule has 0 aliphatic carbocycles. The third-order valence-corrected chi connectivity index (χ3v) is 12.9. The van der Waals surface area contributed by atoms with Crippen molar-refractivity contribution in [2.45, 2.75) is 302 Å². The van der Waals surface area contributed by atoms with Crippen LogP contribution in [0.1, 0.15) is 290 Å². The van der Waals surface area contributed by atoms with Crippen LogP contribution in [0.4, 0.5) is 0 Å². The largest absolute Gasteiger partial charge is 0.466 e. The second-order valence-electron chi connectivity index (χ2n) is 19.3. The molecular weight excluding hydrogens is 803 g/mol. The Bertz CT molecular complexity index is 1100. The van der Waals surface area contributed by atoms with Crippen molar-refractivity contribution in [2.75, 3.05) is 13.2 Å². The number of aliphatic hydroxyl groups excluding tert-OH is 2. The van der Waals surface area contributed by atoms with E-state index < -0.39 is 12.1 Å². The number of amides is 1. The van der Waals surface area contributed by atoms with Crippen molar-refractivity contribution in [1.29, 1.82) is 0 Å². The first-order valence-corrected chi connectivity index (χ1v) is 28.4. The molecule has 2 atom stereocenters. The molecule has 0 aromatic heterocycles. The summed E-state index contributed by atoms with van der Waals surface area (Å²) < 4.78 is 5.47. The summed E-state index contributed by atoms with van der Waals surface area (Å²) in [4.78, 5) is 24.4. The lowest BCUT2D eigenvalue weighted by Gasteiger charge is -2.22. The van der Waals surface area contributed by atoms with Crippen LogP contribution in [0.2, 0.25) is 0 Å². The summed E-state index contributed by atoms with van der Waals surface area (Å²) in [5.74, 6) is -0.0560. The van der Waals surface area contributed by atoms with Gasteiger partial charge in [0.05, 0.1) is 25.4 Å². The molecule has 0 aromatic carbocycles. The smallest absolute Gasteiger partial charge is 0.305 e. The van der Waals surface area contributed by atoms with Crippen LogP contribution in [0.5, 0.6) is 0 Å². The maximum atomic E-state index is 12.4. The van der Waals surface area contributed by atoms with Crippen LogP contribution >= 0.6 is 0 Å². The van der Waals surface area contributed by atoms with Crippen LogP contribution in [-0.4, -0.2) is 47.4 Å². The van der Waals surface area contributed by atoms with Crippen molar-refractivity contribution in [1.82, 2.24) is 5.32 Å². The second-order valence-corrected chi connectivity index (χ2v) is 19.3. The van der Waals surface area contributed by atoms with Gasteiger partial charge in [0.15, 0.2) is 0 Å². The maximum absolute atomic E-state index is 12.4. The second kappa shape index (κ2) is 54.4. The van der Waals surface area contributed by atoms with Crippen LogP contribution in [0.25, 0.3) is 0 Å². The fourth-order valence-electron chi connectivity index (χ4n) is 8.46. The monoisotopic (exact) mass is 912 g/mol. The van der Waals surface area contributed by atoms with Gasteiger partial charge in [-0.3, -0.25) is 9.59 Å². The number of rotatable bonds is 52. The first-order valence-electron chi connectivity index (χ1n) is 28.4. The van der Waals surface area contributed by atoms with Crippen molar-refractivity contribution >= 4 is 11.9 Å². The number of nitrogens with one attached hydrogen (secondary N) is 1. The van der Waals surface area contributed by atoms with Crippen LogP contribution in [-0.2, 0) is 14.3 Å². The molecule has 2 unspecified atom stereocenters. The Balaban J connectivity index is 3.44. The van der Waals surface area contributed by atoms with E-state index in [1.165, 1.54) is 186 Å². The van der Waals surface area contributed by atoms with Gasteiger partial charge in [-0.25, -0.2) is 0 Å². The molecule has 0 aliphatic heterocycles. The molecular formula is C59H109NO5. The molecule has 0 bridgehead atoms. The molecule has 6 heteroatoms. The van der Waals surface area contributed by atoms with Gasteiger partial charge in [0.25, 0.3) is 0 Å². The molecule has 0 aliphatic rings. The fourth-order valence-corrected chi connectivity index (χ4v) is 8.46. The van der Waals surface area contributed by atoms with Crippen molar-refractivity contribution < 1.29 is 24.5 Å². The quantitative estimate of drug-likeness (QED) is 0.0321. The van der Waals surface area contributed by atoms with E-state index in [9.17, 15) is 19.8 Å². The standard InChI is InChI=1S/C59H109NO5/c1-3-5-7-9-11-13-14-15-16-27-30-33-37-41-45-49-53-59(64)65-54-50-46-42-38-34-31-28-25-23-21-19-17-18-20-22-24-26-29-32-36-40-44-48-52-58(63)60-56(55-61)57(62)51-47-43-39-35-12-10-8-6-4-2/h13-14,16-17,19-20,22,27,56-57,61-62H,3-12,15,18,21,23-26,28-55H2,1-2H3,(H,60,63)/b14-13-,19-17-,22-20-,27-16-. The lowest BCUT2D eigenvalue weighted by molar-refractivity contribution is -0.143. The van der Waals surface area contributed by atoms with E-state index in [4.69, 9.17) is 4.74 Å². The highest BCUT2D eigenvalue weighted by molar-refractivity contribution is 5.76. The lowest BCUT2D eigenvalue weighted by atomic mass is 10.0. The van der Waals surface area contributed by atoms with Crippen LogP contribution in [0.3, 0.4) is 0 Å². The minimum atomic E-state index is -0.669. The van der Waals surface area contributed by atoms with Gasteiger partial charge in [0, 0.05) is 12.8 Å². The highest BCUT2D eigenvalue weighted by Gasteiger charge is 2.20. The molecule has 0 saturated heterocycles. The number of aliphatic hydroxyl groups is 2. The zero-order chi connectivity index (χ0) is 47.2. The molecule has 0 fully saturated rings. The van der Waals surface area contributed by atoms with Gasteiger partial charge in [-0.05, 0) is 89.9 Å². The summed E-state index contributed by atoms with van der Waals surface area (Å²) in [5, 5.41) is 23.1. The van der Waals surface area contributed by atoms with Gasteiger partial charge in [-0.2, -0.15) is 0 Å². The number of ether oxygens (including phenoxy) is 1. The van der Waals surface area contributed by atoms with E-state index in [2.05, 4.69) is 67.8 Å². The normalized spacial score (nSPS) is 13.0. The number of unbranched alkanes of at least 4 members (excludes halogenated alkanes) is 33. The molecule has 65 heavy (non-hydrogen) atoms. The number of hydrogen-bond donors (Lipinski definition) is 3. The molecule has 1 amide bonds. The van der Waals surface area contributed by atoms with Gasteiger partial charge in [0.2, 0.25) is 5.91 Å². The van der Waals surface area contributed by atoms with Crippen LogP contribution < -0.4 is 5.32 Å². The van der Waals surface area contributed by atoms with Crippen LogP contribution in [0.15, 0.2) is 48.6 Å². The van der Waals surface area contributed by atoms with Gasteiger partial charge >= 0.3 is 5.97 Å². The Kier molecular flexibility index (Phi) is 52.6. The lowest BCUT2D eigenvalue weighted by Crippen LogP contribution is -2.45. The molecule has 0 aromatic rings. The average Bonchev–Trinajstić information content (AvgIpc) is 3.31. The Hall–Kier alpha value is -2.18. The van der Waals surface area contributed by atoms with Crippen molar-refractivity contribution in [2.24, 2.45) is 0 Å². The molecule has 380 valence electrons. The summed E-state index contributed by atoms with van der Waals surface area (Å²) in [7, 11) is 0.